The fraction of sp³-hybridized carbons (Fsp3) is 0.455. The zero-order valence-electron chi connectivity index (χ0n) is 17.5. The van der Waals surface area contributed by atoms with Gasteiger partial charge in [0.05, 0.1) is 24.4 Å². The SMILES string of the molecule is CC(C)C[C@H](NC(=O)c1cccnc1)c1nnc2n1CCN(Cc1ccco1)CC2. The second kappa shape index (κ2) is 9.21. The molecule has 0 bridgehead atoms. The van der Waals surface area contributed by atoms with E-state index in [0.29, 0.717) is 11.5 Å². The summed E-state index contributed by atoms with van der Waals surface area (Å²) >= 11 is 0. The van der Waals surface area contributed by atoms with Crippen molar-refractivity contribution < 1.29 is 9.21 Å². The molecule has 0 spiro atoms. The van der Waals surface area contributed by atoms with Gasteiger partial charge in [0, 0.05) is 38.4 Å². The number of hydrogen-bond donors (Lipinski definition) is 1. The Balaban J connectivity index is 1.50. The molecule has 4 rings (SSSR count). The lowest BCUT2D eigenvalue weighted by atomic mass is 10.0. The molecule has 0 fully saturated rings. The minimum absolute atomic E-state index is 0.140. The first kappa shape index (κ1) is 20.3. The molecule has 0 aromatic carbocycles. The molecule has 4 heterocycles. The summed E-state index contributed by atoms with van der Waals surface area (Å²) in [5, 5.41) is 12.1. The molecular weight excluding hydrogens is 380 g/mol. The molecule has 0 radical (unpaired) electrons. The number of nitrogens with one attached hydrogen (secondary N) is 1. The number of rotatable bonds is 7. The molecule has 1 atom stereocenters. The van der Waals surface area contributed by atoms with E-state index >= 15 is 0 Å². The first-order valence-corrected chi connectivity index (χ1v) is 10.5. The van der Waals surface area contributed by atoms with Crippen molar-refractivity contribution in [3.8, 4) is 0 Å². The minimum Gasteiger partial charge on any atom is -0.468 e. The van der Waals surface area contributed by atoms with Crippen molar-refractivity contribution in [2.45, 2.75) is 45.8 Å². The number of carbonyl (C=O) groups is 1. The molecule has 3 aromatic rings. The van der Waals surface area contributed by atoms with Gasteiger partial charge in [0.25, 0.3) is 5.91 Å². The van der Waals surface area contributed by atoms with Gasteiger partial charge in [-0.3, -0.25) is 14.7 Å². The van der Waals surface area contributed by atoms with Gasteiger partial charge in [-0.1, -0.05) is 13.8 Å². The molecule has 8 nitrogen and oxygen atoms in total. The van der Waals surface area contributed by atoms with E-state index < -0.39 is 0 Å². The summed E-state index contributed by atoms with van der Waals surface area (Å²) in [6, 6.07) is 7.26. The van der Waals surface area contributed by atoms with Crippen LogP contribution in [-0.4, -0.2) is 43.6 Å². The van der Waals surface area contributed by atoms with Gasteiger partial charge in [-0.2, -0.15) is 0 Å². The van der Waals surface area contributed by atoms with Crippen LogP contribution in [0.1, 0.15) is 54.1 Å². The monoisotopic (exact) mass is 408 g/mol. The maximum Gasteiger partial charge on any atom is 0.253 e. The molecule has 1 aliphatic heterocycles. The first-order valence-electron chi connectivity index (χ1n) is 10.5. The maximum atomic E-state index is 12.8. The van der Waals surface area contributed by atoms with E-state index in [1.807, 2.05) is 12.1 Å². The smallest absolute Gasteiger partial charge is 0.253 e. The number of amides is 1. The summed E-state index contributed by atoms with van der Waals surface area (Å²) in [6.45, 7) is 7.64. The number of carbonyl (C=O) groups excluding carboxylic acids is 1. The molecule has 0 aliphatic carbocycles. The molecule has 0 saturated carbocycles. The van der Waals surface area contributed by atoms with Gasteiger partial charge in [-0.05, 0) is 36.6 Å². The number of aromatic nitrogens is 4. The Morgan fingerprint density at radius 2 is 2.10 bits per heavy atom. The fourth-order valence-electron chi connectivity index (χ4n) is 3.87. The Morgan fingerprint density at radius 3 is 2.83 bits per heavy atom. The van der Waals surface area contributed by atoms with Crippen LogP contribution in [0.5, 0.6) is 0 Å². The van der Waals surface area contributed by atoms with E-state index in [0.717, 1.165) is 56.4 Å². The van der Waals surface area contributed by atoms with Crippen LogP contribution >= 0.6 is 0 Å². The summed E-state index contributed by atoms with van der Waals surface area (Å²) < 4.78 is 7.68. The van der Waals surface area contributed by atoms with Crippen LogP contribution in [0.3, 0.4) is 0 Å². The van der Waals surface area contributed by atoms with Crippen molar-refractivity contribution in [3.05, 3.63) is 65.9 Å². The third kappa shape index (κ3) is 4.76. The van der Waals surface area contributed by atoms with Gasteiger partial charge in [-0.15, -0.1) is 10.2 Å². The quantitative estimate of drug-likeness (QED) is 0.647. The van der Waals surface area contributed by atoms with Gasteiger partial charge < -0.3 is 14.3 Å². The van der Waals surface area contributed by atoms with E-state index in [-0.39, 0.29) is 11.9 Å². The van der Waals surface area contributed by atoms with E-state index in [1.54, 1.807) is 30.8 Å². The van der Waals surface area contributed by atoms with E-state index in [4.69, 9.17) is 4.42 Å². The zero-order chi connectivity index (χ0) is 20.9. The van der Waals surface area contributed by atoms with Crippen molar-refractivity contribution in [1.82, 2.24) is 30.0 Å². The van der Waals surface area contributed by atoms with Crippen LogP contribution < -0.4 is 5.32 Å². The molecular formula is C22H28N6O2. The summed E-state index contributed by atoms with van der Waals surface area (Å²) in [5.41, 5.74) is 0.548. The highest BCUT2D eigenvalue weighted by Crippen LogP contribution is 2.23. The normalized spacial score (nSPS) is 15.6. The average Bonchev–Trinajstić information content (AvgIpc) is 3.35. The Morgan fingerprint density at radius 1 is 1.20 bits per heavy atom. The Hall–Kier alpha value is -3.00. The number of fused-ring (bicyclic) bond motifs is 1. The summed E-state index contributed by atoms with van der Waals surface area (Å²) in [4.78, 5) is 19.2. The largest absolute Gasteiger partial charge is 0.468 e. The lowest BCUT2D eigenvalue weighted by Gasteiger charge is -2.22. The van der Waals surface area contributed by atoms with Crippen molar-refractivity contribution in [2.75, 3.05) is 13.1 Å². The summed E-state index contributed by atoms with van der Waals surface area (Å²) in [5.74, 6) is 3.03. The minimum atomic E-state index is -0.199. The maximum absolute atomic E-state index is 12.8. The highest BCUT2D eigenvalue weighted by molar-refractivity contribution is 5.94. The number of nitrogens with zero attached hydrogens (tertiary/aromatic N) is 5. The Labute approximate surface area is 176 Å². The number of pyridine rings is 1. The Bertz CT molecular complexity index is 951. The van der Waals surface area contributed by atoms with Gasteiger partial charge >= 0.3 is 0 Å². The number of hydrogen-bond acceptors (Lipinski definition) is 6. The molecule has 8 heteroatoms. The molecule has 1 N–H and O–H groups in total. The van der Waals surface area contributed by atoms with Crippen LogP contribution in [0, 0.1) is 5.92 Å². The molecule has 0 saturated heterocycles. The fourth-order valence-corrected chi connectivity index (χ4v) is 3.87. The molecule has 1 aliphatic rings. The molecule has 3 aromatic heterocycles. The second-order valence-corrected chi connectivity index (χ2v) is 8.13. The van der Waals surface area contributed by atoms with Crippen molar-refractivity contribution in [3.63, 3.8) is 0 Å². The highest BCUT2D eigenvalue weighted by atomic mass is 16.3. The highest BCUT2D eigenvalue weighted by Gasteiger charge is 2.26. The van der Waals surface area contributed by atoms with Crippen LogP contribution in [-0.2, 0) is 19.5 Å². The lowest BCUT2D eigenvalue weighted by Crippen LogP contribution is -2.32. The Kier molecular flexibility index (Phi) is 6.23. The van der Waals surface area contributed by atoms with Crippen molar-refractivity contribution in [2.24, 2.45) is 5.92 Å². The van der Waals surface area contributed by atoms with Crippen molar-refractivity contribution in [1.29, 1.82) is 0 Å². The van der Waals surface area contributed by atoms with Crippen LogP contribution in [0.4, 0.5) is 0 Å². The average molecular weight is 409 g/mol. The molecule has 0 unspecified atom stereocenters. The molecule has 1 amide bonds. The predicted molar refractivity (Wildman–Crippen MR) is 112 cm³/mol. The van der Waals surface area contributed by atoms with Gasteiger partial charge in [-0.25, -0.2) is 0 Å². The third-order valence-corrected chi connectivity index (χ3v) is 5.35. The van der Waals surface area contributed by atoms with Crippen LogP contribution in [0.15, 0.2) is 47.3 Å². The first-order chi connectivity index (χ1) is 14.6. The van der Waals surface area contributed by atoms with Crippen LogP contribution in [0.25, 0.3) is 0 Å². The standard InChI is InChI=1S/C22H28N6O2/c1-16(2)13-19(24-22(29)17-5-3-8-23-14-17)21-26-25-20-7-9-27(10-11-28(20)21)15-18-6-4-12-30-18/h3-6,8,12,14,16,19H,7,9-11,13,15H2,1-2H3,(H,24,29)/t19-/m0/s1. The van der Waals surface area contributed by atoms with E-state index in [1.165, 1.54) is 0 Å². The second-order valence-electron chi connectivity index (χ2n) is 8.13. The van der Waals surface area contributed by atoms with E-state index in [9.17, 15) is 4.79 Å². The van der Waals surface area contributed by atoms with Gasteiger partial charge in [0.2, 0.25) is 0 Å². The van der Waals surface area contributed by atoms with Gasteiger partial charge in [0.15, 0.2) is 5.82 Å². The predicted octanol–water partition coefficient (Wildman–Crippen LogP) is 2.84. The van der Waals surface area contributed by atoms with Gasteiger partial charge in [0.1, 0.15) is 11.6 Å². The van der Waals surface area contributed by atoms with Crippen molar-refractivity contribution >= 4 is 5.91 Å². The summed E-state index contributed by atoms with van der Waals surface area (Å²) in [6.07, 6.45) is 6.56. The molecule has 158 valence electrons. The number of furan rings is 1. The third-order valence-electron chi connectivity index (χ3n) is 5.35. The summed E-state index contributed by atoms with van der Waals surface area (Å²) in [7, 11) is 0. The topological polar surface area (TPSA) is 89.1 Å². The zero-order valence-corrected chi connectivity index (χ0v) is 17.5. The van der Waals surface area contributed by atoms with E-state index in [2.05, 4.69) is 43.8 Å². The molecule has 30 heavy (non-hydrogen) atoms. The van der Waals surface area contributed by atoms with Crippen LogP contribution in [0.2, 0.25) is 0 Å². The lowest BCUT2D eigenvalue weighted by molar-refractivity contribution is 0.0928.